The Kier molecular flexibility index (Phi) is 3.61. The number of hydrogen-bond acceptors (Lipinski definition) is 3. The van der Waals surface area contributed by atoms with E-state index in [1.807, 2.05) is 0 Å². The van der Waals surface area contributed by atoms with Gasteiger partial charge in [-0.1, -0.05) is 11.6 Å². The van der Waals surface area contributed by atoms with E-state index in [2.05, 4.69) is 4.98 Å². The molecule has 0 bridgehead atoms. The molecule has 2 rings (SSSR count). The number of pyridine rings is 1. The molecule has 0 aliphatic carbocycles. The summed E-state index contributed by atoms with van der Waals surface area (Å²) in [6, 6.07) is 2.36. The van der Waals surface area contributed by atoms with Crippen LogP contribution in [-0.2, 0) is 6.18 Å². The zero-order chi connectivity index (χ0) is 13.3. The lowest BCUT2D eigenvalue weighted by Crippen LogP contribution is -2.12. The summed E-state index contributed by atoms with van der Waals surface area (Å²) < 4.78 is 38.3. The van der Waals surface area contributed by atoms with Gasteiger partial charge >= 0.3 is 6.18 Å². The lowest BCUT2D eigenvalue weighted by atomic mass is 10.0. The smallest absolute Gasteiger partial charge is 0.383 e. The van der Waals surface area contributed by atoms with Gasteiger partial charge in [0.1, 0.15) is 6.10 Å². The van der Waals surface area contributed by atoms with Gasteiger partial charge in [0.05, 0.1) is 15.5 Å². The van der Waals surface area contributed by atoms with E-state index in [-0.39, 0.29) is 15.5 Å². The van der Waals surface area contributed by atoms with Crippen LogP contribution in [0.4, 0.5) is 13.2 Å². The number of alkyl halides is 3. The van der Waals surface area contributed by atoms with Crippen molar-refractivity contribution in [3.8, 4) is 0 Å². The second-order valence-electron chi connectivity index (χ2n) is 3.50. The first-order valence-corrected chi connectivity index (χ1v) is 6.09. The fourth-order valence-corrected chi connectivity index (χ4v) is 2.69. The molecule has 0 saturated carbocycles. The van der Waals surface area contributed by atoms with Gasteiger partial charge < -0.3 is 5.11 Å². The predicted octanol–water partition coefficient (Wildman–Crippen LogP) is 3.90. The number of aromatic nitrogens is 1. The highest BCUT2D eigenvalue weighted by atomic mass is 35.5. The number of rotatable bonds is 2. The van der Waals surface area contributed by atoms with Crippen molar-refractivity contribution < 1.29 is 18.3 Å². The van der Waals surface area contributed by atoms with Gasteiger partial charge in [0.15, 0.2) is 0 Å². The molecule has 2 nitrogen and oxygen atoms in total. The molecule has 18 heavy (non-hydrogen) atoms. The van der Waals surface area contributed by atoms with Crippen LogP contribution in [0.5, 0.6) is 0 Å². The zero-order valence-corrected chi connectivity index (χ0v) is 10.4. The van der Waals surface area contributed by atoms with Crippen LogP contribution in [0.25, 0.3) is 0 Å². The number of aliphatic hydroxyl groups excluding tert-OH is 1. The highest BCUT2D eigenvalue weighted by Gasteiger charge is 2.35. The van der Waals surface area contributed by atoms with Crippen molar-refractivity contribution in [2.45, 2.75) is 12.3 Å². The fraction of sp³-hybridized carbons (Fsp3) is 0.182. The van der Waals surface area contributed by atoms with Crippen molar-refractivity contribution >= 4 is 22.9 Å². The van der Waals surface area contributed by atoms with Crippen LogP contribution in [-0.4, -0.2) is 10.1 Å². The summed E-state index contributed by atoms with van der Waals surface area (Å²) in [5.41, 5.74) is -1.20. The number of aliphatic hydroxyl groups is 1. The minimum atomic E-state index is -4.54. The summed E-state index contributed by atoms with van der Waals surface area (Å²) in [5, 5.41) is 11.8. The van der Waals surface area contributed by atoms with Crippen LogP contribution in [0.1, 0.15) is 22.1 Å². The molecule has 0 saturated heterocycles. The molecule has 2 heterocycles. The molecule has 2 aromatic heterocycles. The third-order valence-electron chi connectivity index (χ3n) is 2.34. The van der Waals surface area contributed by atoms with Gasteiger partial charge in [-0.25, -0.2) is 0 Å². The van der Waals surface area contributed by atoms with Gasteiger partial charge in [-0.05, 0) is 17.5 Å². The molecule has 0 aliphatic heterocycles. The SMILES string of the molecule is OC(c1cnccc1C(F)(F)F)c1sccc1Cl. The zero-order valence-electron chi connectivity index (χ0n) is 8.78. The molecular formula is C11H7ClF3NOS. The van der Waals surface area contributed by atoms with E-state index in [9.17, 15) is 18.3 Å². The molecular weight excluding hydrogens is 287 g/mol. The van der Waals surface area contributed by atoms with E-state index >= 15 is 0 Å². The normalized spacial score (nSPS) is 13.6. The van der Waals surface area contributed by atoms with E-state index in [1.165, 1.54) is 6.07 Å². The van der Waals surface area contributed by atoms with E-state index in [4.69, 9.17) is 11.6 Å². The first-order chi connectivity index (χ1) is 8.41. The standard InChI is InChI=1S/C11H7ClF3NOS/c12-8-2-4-18-10(8)9(17)6-5-16-3-1-7(6)11(13,14)15/h1-5,9,17H. The Morgan fingerprint density at radius 1 is 1.33 bits per heavy atom. The van der Waals surface area contributed by atoms with E-state index < -0.39 is 17.8 Å². The molecule has 0 spiro atoms. The maximum atomic E-state index is 12.8. The maximum Gasteiger partial charge on any atom is 0.416 e. The van der Waals surface area contributed by atoms with Crippen molar-refractivity contribution in [3.05, 3.63) is 50.9 Å². The van der Waals surface area contributed by atoms with Gasteiger partial charge in [0.25, 0.3) is 0 Å². The van der Waals surface area contributed by atoms with Gasteiger partial charge in [-0.15, -0.1) is 11.3 Å². The minimum absolute atomic E-state index is 0.240. The average Bonchev–Trinajstić information content (AvgIpc) is 2.73. The number of nitrogens with zero attached hydrogens (tertiary/aromatic N) is 1. The number of hydrogen-bond donors (Lipinski definition) is 1. The van der Waals surface area contributed by atoms with Crippen molar-refractivity contribution in [1.29, 1.82) is 0 Å². The van der Waals surface area contributed by atoms with Crippen molar-refractivity contribution in [2.24, 2.45) is 0 Å². The Balaban J connectivity index is 2.49. The largest absolute Gasteiger partial charge is 0.416 e. The Bertz CT molecular complexity index is 555. The van der Waals surface area contributed by atoms with E-state index in [0.29, 0.717) is 0 Å². The summed E-state index contributed by atoms with van der Waals surface area (Å²) in [4.78, 5) is 3.89. The van der Waals surface area contributed by atoms with Crippen LogP contribution >= 0.6 is 22.9 Å². The molecule has 0 aliphatic rings. The summed E-state index contributed by atoms with van der Waals surface area (Å²) in [6.07, 6.45) is -3.93. The topological polar surface area (TPSA) is 33.1 Å². The van der Waals surface area contributed by atoms with Gasteiger partial charge in [-0.3, -0.25) is 4.98 Å². The maximum absolute atomic E-state index is 12.8. The quantitative estimate of drug-likeness (QED) is 0.911. The summed E-state index contributed by atoms with van der Waals surface area (Å²) in [7, 11) is 0. The van der Waals surface area contributed by atoms with Crippen LogP contribution in [0.3, 0.4) is 0 Å². The highest BCUT2D eigenvalue weighted by Crippen LogP contribution is 2.39. The second-order valence-corrected chi connectivity index (χ2v) is 4.85. The predicted molar refractivity (Wildman–Crippen MR) is 62.6 cm³/mol. The first kappa shape index (κ1) is 13.3. The molecule has 0 aromatic carbocycles. The third-order valence-corrected chi connectivity index (χ3v) is 3.76. The molecule has 1 N–H and O–H groups in total. The minimum Gasteiger partial charge on any atom is -0.383 e. The summed E-state index contributed by atoms with van der Waals surface area (Å²) in [5.74, 6) is 0. The van der Waals surface area contributed by atoms with Crippen LogP contribution in [0, 0.1) is 0 Å². The Labute approximate surface area is 110 Å². The van der Waals surface area contributed by atoms with Gasteiger partial charge in [-0.2, -0.15) is 13.2 Å². The third kappa shape index (κ3) is 2.50. The molecule has 0 amide bonds. The number of thiophene rings is 1. The molecule has 1 atom stereocenters. The van der Waals surface area contributed by atoms with Gasteiger partial charge in [0, 0.05) is 18.0 Å². The van der Waals surface area contributed by atoms with Crippen LogP contribution in [0.15, 0.2) is 29.9 Å². The molecule has 2 aromatic rings. The van der Waals surface area contributed by atoms with E-state index in [1.54, 1.807) is 5.38 Å². The molecule has 0 fully saturated rings. The second kappa shape index (κ2) is 4.87. The molecule has 0 radical (unpaired) electrons. The Morgan fingerprint density at radius 3 is 2.61 bits per heavy atom. The van der Waals surface area contributed by atoms with Crippen molar-refractivity contribution in [1.82, 2.24) is 4.98 Å². The molecule has 96 valence electrons. The van der Waals surface area contributed by atoms with Crippen LogP contribution < -0.4 is 0 Å². The highest BCUT2D eigenvalue weighted by molar-refractivity contribution is 7.10. The van der Waals surface area contributed by atoms with Crippen molar-refractivity contribution in [2.75, 3.05) is 0 Å². The Morgan fingerprint density at radius 2 is 2.06 bits per heavy atom. The Hall–Kier alpha value is -1.11. The van der Waals surface area contributed by atoms with E-state index in [0.717, 1.165) is 29.8 Å². The average molecular weight is 294 g/mol. The van der Waals surface area contributed by atoms with Gasteiger partial charge in [0.2, 0.25) is 0 Å². The number of halogens is 4. The first-order valence-electron chi connectivity index (χ1n) is 4.83. The lowest BCUT2D eigenvalue weighted by molar-refractivity contribution is -0.139. The van der Waals surface area contributed by atoms with Crippen molar-refractivity contribution in [3.63, 3.8) is 0 Å². The lowest BCUT2D eigenvalue weighted by Gasteiger charge is -2.16. The fourth-order valence-electron chi connectivity index (χ4n) is 1.52. The van der Waals surface area contributed by atoms with Crippen LogP contribution in [0.2, 0.25) is 5.02 Å². The summed E-state index contributed by atoms with van der Waals surface area (Å²) in [6.45, 7) is 0. The molecule has 7 heteroatoms. The monoisotopic (exact) mass is 293 g/mol. The summed E-state index contributed by atoms with van der Waals surface area (Å²) >= 11 is 6.89. The molecule has 1 unspecified atom stereocenters.